The van der Waals surface area contributed by atoms with Crippen molar-refractivity contribution in [1.29, 1.82) is 0 Å². The molecule has 0 radical (unpaired) electrons. The van der Waals surface area contributed by atoms with Crippen molar-refractivity contribution in [3.05, 3.63) is 0 Å². The zero-order valence-electron chi connectivity index (χ0n) is 20.9. The second-order valence-electron chi connectivity index (χ2n) is 9.33. The summed E-state index contributed by atoms with van der Waals surface area (Å²) in [5.74, 6) is 5.33. The number of nitrogens with zero attached hydrogens (tertiary/aromatic N) is 1. The first kappa shape index (κ1) is 30.4. The Kier molecular flexibility index (Phi) is 19.8. The molecule has 1 nitrogen and oxygen atoms in total. The highest BCUT2D eigenvalue weighted by atomic mass is 32.2. The number of thioether (sulfide) groups is 4. The Hall–Kier alpha value is 1.36. The van der Waals surface area contributed by atoms with Gasteiger partial charge in [0.2, 0.25) is 0 Å². The molecule has 0 amide bonds. The van der Waals surface area contributed by atoms with Crippen LogP contribution in [0.5, 0.6) is 0 Å². The van der Waals surface area contributed by atoms with Gasteiger partial charge in [0.25, 0.3) is 0 Å². The second kappa shape index (κ2) is 18.9. The first-order valence-electron chi connectivity index (χ1n) is 12.0. The molecule has 0 atom stereocenters. The summed E-state index contributed by atoms with van der Waals surface area (Å²) < 4.78 is 1.38. The summed E-state index contributed by atoms with van der Waals surface area (Å²) in [6.07, 6.45) is 5.53. The van der Waals surface area contributed by atoms with Crippen molar-refractivity contribution in [3.63, 3.8) is 0 Å². The number of hydrogen-bond acceptors (Lipinski definition) is 4. The third kappa shape index (κ3) is 19.7. The highest BCUT2D eigenvalue weighted by Gasteiger charge is 2.26. The summed E-state index contributed by atoms with van der Waals surface area (Å²) in [5, 5.41) is 3.07. The van der Waals surface area contributed by atoms with E-state index < -0.39 is 0 Å². The summed E-state index contributed by atoms with van der Waals surface area (Å²) in [7, 11) is 0. The average molecular weight is 483 g/mol. The van der Waals surface area contributed by atoms with Crippen LogP contribution in [0.4, 0.5) is 0 Å². The molecule has 0 aromatic carbocycles. The first-order valence-corrected chi connectivity index (χ1v) is 16.2. The lowest BCUT2D eigenvalue weighted by atomic mass is 10.2. The molecule has 0 rings (SSSR count). The molecule has 0 aliphatic carbocycles. The Morgan fingerprint density at radius 2 is 0.621 bits per heavy atom. The normalized spacial score (nSPS) is 12.8. The third-order valence-corrected chi connectivity index (χ3v) is 9.68. The van der Waals surface area contributed by atoms with Gasteiger partial charge in [0.1, 0.15) is 0 Å². The first-order chi connectivity index (χ1) is 13.7. The van der Waals surface area contributed by atoms with Gasteiger partial charge in [-0.05, 0) is 44.0 Å². The maximum Gasteiger partial charge on any atom is 0.0794 e. The Morgan fingerprint density at radius 3 is 0.793 bits per heavy atom. The van der Waals surface area contributed by atoms with E-state index in [-0.39, 0.29) is 0 Å². The van der Waals surface area contributed by atoms with Crippen molar-refractivity contribution >= 4 is 47.0 Å². The molecule has 0 aliphatic heterocycles. The smallest absolute Gasteiger partial charge is 0.0794 e. The van der Waals surface area contributed by atoms with Crippen molar-refractivity contribution in [2.75, 3.05) is 49.2 Å². The van der Waals surface area contributed by atoms with Gasteiger partial charge in [0.05, 0.1) is 26.2 Å². The minimum Gasteiger partial charge on any atom is -0.324 e. The van der Waals surface area contributed by atoms with Crippen LogP contribution in [0.25, 0.3) is 0 Å². The molecular formula is C24H52NS4+. The highest BCUT2D eigenvalue weighted by Crippen LogP contribution is 2.21. The van der Waals surface area contributed by atoms with Gasteiger partial charge >= 0.3 is 0 Å². The van der Waals surface area contributed by atoms with E-state index in [9.17, 15) is 0 Å². The van der Waals surface area contributed by atoms with Gasteiger partial charge in [0.15, 0.2) is 0 Å². The SMILES string of the molecule is CC(C)SCCC[N+](CCCSC(C)C)(CCCSC(C)C)CCCSC(C)C. The van der Waals surface area contributed by atoms with Crippen molar-refractivity contribution in [2.45, 2.75) is 102 Å². The lowest BCUT2D eigenvalue weighted by Gasteiger charge is -2.39. The third-order valence-electron chi connectivity index (χ3n) is 4.91. The Balaban J connectivity index is 4.86. The topological polar surface area (TPSA) is 0 Å². The Labute approximate surface area is 202 Å². The molecule has 0 unspecified atom stereocenters. The van der Waals surface area contributed by atoms with Gasteiger partial charge in [-0.2, -0.15) is 47.0 Å². The van der Waals surface area contributed by atoms with Gasteiger partial charge in [0, 0.05) is 25.7 Å². The van der Waals surface area contributed by atoms with Crippen LogP contribution < -0.4 is 0 Å². The largest absolute Gasteiger partial charge is 0.324 e. The zero-order valence-corrected chi connectivity index (χ0v) is 24.1. The maximum absolute atomic E-state index is 2.34. The van der Waals surface area contributed by atoms with Gasteiger partial charge in [-0.1, -0.05) is 55.4 Å². The minimum absolute atomic E-state index is 0.768. The summed E-state index contributed by atoms with van der Waals surface area (Å²) in [5.41, 5.74) is 0. The fourth-order valence-corrected chi connectivity index (χ4v) is 6.62. The standard InChI is InChI=1S/C24H52NS4/c1-21(2)26-17-9-13-25(14-10-18-27-22(3)4,15-11-19-28-23(5)6)16-12-20-29-24(7)8/h21-24H,9-20H2,1-8H3/q+1. The van der Waals surface area contributed by atoms with Crippen LogP contribution in [-0.4, -0.2) is 74.7 Å². The second-order valence-corrected chi connectivity index (χ2v) is 16.1. The number of rotatable bonds is 20. The van der Waals surface area contributed by atoms with E-state index in [1.165, 1.54) is 79.4 Å². The summed E-state index contributed by atoms with van der Waals surface area (Å²) in [4.78, 5) is 0. The number of quaternary nitrogens is 1. The molecule has 0 aromatic rings. The molecule has 0 bridgehead atoms. The molecule has 0 saturated carbocycles. The van der Waals surface area contributed by atoms with E-state index in [4.69, 9.17) is 0 Å². The predicted octanol–water partition coefficient (Wildman–Crippen LogP) is 7.93. The quantitative estimate of drug-likeness (QED) is 0.127. The summed E-state index contributed by atoms with van der Waals surface area (Å²) in [6, 6.07) is 0. The van der Waals surface area contributed by atoms with Gasteiger partial charge in [-0.25, -0.2) is 0 Å². The minimum atomic E-state index is 0.768. The number of hydrogen-bond donors (Lipinski definition) is 0. The van der Waals surface area contributed by atoms with Gasteiger partial charge < -0.3 is 4.48 Å². The van der Waals surface area contributed by atoms with Crippen LogP contribution >= 0.6 is 47.0 Å². The van der Waals surface area contributed by atoms with Gasteiger partial charge in [-0.15, -0.1) is 0 Å². The molecule has 29 heavy (non-hydrogen) atoms. The highest BCUT2D eigenvalue weighted by molar-refractivity contribution is 8.00. The van der Waals surface area contributed by atoms with Crippen molar-refractivity contribution in [2.24, 2.45) is 0 Å². The van der Waals surface area contributed by atoms with Crippen LogP contribution in [0.3, 0.4) is 0 Å². The van der Waals surface area contributed by atoms with Crippen LogP contribution in [0.2, 0.25) is 0 Å². The molecule has 0 aromatic heterocycles. The molecular weight excluding hydrogens is 431 g/mol. The lowest BCUT2D eigenvalue weighted by molar-refractivity contribution is -0.928. The molecule has 0 saturated heterocycles. The summed E-state index contributed by atoms with van der Waals surface area (Å²) in [6.45, 7) is 24.3. The Bertz CT molecular complexity index is 289. The molecule has 0 N–H and O–H groups in total. The predicted molar refractivity (Wildman–Crippen MR) is 149 cm³/mol. The van der Waals surface area contributed by atoms with E-state index >= 15 is 0 Å². The molecule has 0 aliphatic rings. The van der Waals surface area contributed by atoms with E-state index in [1.807, 2.05) is 0 Å². The van der Waals surface area contributed by atoms with Crippen molar-refractivity contribution in [3.8, 4) is 0 Å². The molecule has 176 valence electrons. The fourth-order valence-electron chi connectivity index (χ4n) is 3.55. The molecule has 0 heterocycles. The van der Waals surface area contributed by atoms with Crippen molar-refractivity contribution < 1.29 is 4.48 Å². The van der Waals surface area contributed by atoms with Crippen LogP contribution in [0.15, 0.2) is 0 Å². The van der Waals surface area contributed by atoms with E-state index in [0.717, 1.165) is 21.0 Å². The van der Waals surface area contributed by atoms with E-state index in [1.54, 1.807) is 0 Å². The molecule has 0 fully saturated rings. The van der Waals surface area contributed by atoms with Crippen LogP contribution in [0, 0.1) is 0 Å². The van der Waals surface area contributed by atoms with Crippen LogP contribution in [0.1, 0.15) is 81.1 Å². The van der Waals surface area contributed by atoms with E-state index in [0.29, 0.717) is 0 Å². The molecule has 0 spiro atoms. The Morgan fingerprint density at radius 1 is 0.414 bits per heavy atom. The monoisotopic (exact) mass is 482 g/mol. The van der Waals surface area contributed by atoms with E-state index in [2.05, 4.69) is 102 Å². The average Bonchev–Trinajstić information content (AvgIpc) is 2.62. The van der Waals surface area contributed by atoms with Crippen LogP contribution in [-0.2, 0) is 0 Å². The van der Waals surface area contributed by atoms with Crippen molar-refractivity contribution in [1.82, 2.24) is 0 Å². The zero-order chi connectivity index (χ0) is 22.1. The lowest BCUT2D eigenvalue weighted by Crippen LogP contribution is -2.51. The molecule has 5 heteroatoms. The maximum atomic E-state index is 2.34. The van der Waals surface area contributed by atoms with Gasteiger partial charge in [-0.3, -0.25) is 0 Å². The summed E-state index contributed by atoms with van der Waals surface area (Å²) >= 11 is 8.59. The fraction of sp³-hybridized carbons (Fsp3) is 1.00.